The number of hydrogen-bond acceptors (Lipinski definition) is 4. The number of nitrogens with zero attached hydrogens (tertiary/aromatic N) is 2. The highest BCUT2D eigenvalue weighted by Crippen LogP contribution is 2.24. The van der Waals surface area contributed by atoms with Gasteiger partial charge in [-0.1, -0.05) is 29.3 Å². The lowest BCUT2D eigenvalue weighted by Crippen LogP contribution is -2.26. The predicted molar refractivity (Wildman–Crippen MR) is 69.5 cm³/mol. The van der Waals surface area contributed by atoms with Crippen LogP contribution in [0.15, 0.2) is 29.1 Å². The number of carbonyl (C=O) groups excluding carboxylic acids is 1. The van der Waals surface area contributed by atoms with Gasteiger partial charge in [0, 0.05) is 19.3 Å². The second kappa shape index (κ2) is 6.21. The van der Waals surface area contributed by atoms with Gasteiger partial charge in [-0.05, 0) is 11.6 Å². The maximum absolute atomic E-state index is 12.6. The molecule has 0 radical (unpaired) electrons. The molecule has 0 aliphatic carbocycles. The van der Waals surface area contributed by atoms with Crippen molar-refractivity contribution in [1.29, 1.82) is 0 Å². The summed E-state index contributed by atoms with van der Waals surface area (Å²) in [7, 11) is 0. The van der Waals surface area contributed by atoms with Crippen LogP contribution in [0.3, 0.4) is 0 Å². The maximum atomic E-state index is 12.6. The quantitative estimate of drug-likeness (QED) is 0.619. The number of alkyl halides is 1. The van der Waals surface area contributed by atoms with E-state index in [1.807, 2.05) is 0 Å². The largest absolute Gasteiger partial charge is 0.455 e. The molecular formula is C12H11Cl2FN2O2. The minimum absolute atomic E-state index is 0.00960. The first-order valence-corrected chi connectivity index (χ1v) is 6.34. The van der Waals surface area contributed by atoms with E-state index in [1.165, 1.54) is 0 Å². The molecular weight excluding hydrogens is 294 g/mol. The molecule has 0 fully saturated rings. The maximum Gasteiger partial charge on any atom is 0.352 e. The minimum Gasteiger partial charge on any atom is -0.455 e. The summed E-state index contributed by atoms with van der Waals surface area (Å²) in [6, 6.07) is 3.43. The van der Waals surface area contributed by atoms with Crippen LogP contribution >= 0.6 is 23.2 Å². The van der Waals surface area contributed by atoms with Crippen LogP contribution in [-0.4, -0.2) is 35.7 Å². The van der Waals surface area contributed by atoms with Crippen molar-refractivity contribution in [2.45, 2.75) is 6.54 Å². The summed E-state index contributed by atoms with van der Waals surface area (Å²) in [5.41, 5.74) is 1.34. The summed E-state index contributed by atoms with van der Waals surface area (Å²) in [6.07, 6.45) is 1.60. The van der Waals surface area contributed by atoms with Gasteiger partial charge in [0.25, 0.3) is 0 Å². The van der Waals surface area contributed by atoms with Crippen LogP contribution in [0.25, 0.3) is 0 Å². The Hall–Kier alpha value is -1.33. The van der Waals surface area contributed by atoms with Crippen LogP contribution in [0.1, 0.15) is 5.56 Å². The normalized spacial score (nSPS) is 14.8. The van der Waals surface area contributed by atoms with E-state index >= 15 is 0 Å². The van der Waals surface area contributed by atoms with Crippen molar-refractivity contribution >= 4 is 29.2 Å². The van der Waals surface area contributed by atoms with Crippen LogP contribution in [0.2, 0.25) is 5.15 Å². The zero-order valence-electron chi connectivity index (χ0n) is 9.91. The molecule has 1 aromatic rings. The highest BCUT2D eigenvalue weighted by Gasteiger charge is 2.27. The second-order valence-corrected chi connectivity index (χ2v) is 4.70. The molecule has 4 nitrogen and oxygen atoms in total. The number of hydrogen-bond donors (Lipinski definition) is 0. The van der Waals surface area contributed by atoms with Gasteiger partial charge in [0.2, 0.25) is 0 Å². The molecule has 2 rings (SSSR count). The third-order valence-electron chi connectivity index (χ3n) is 2.67. The average molecular weight is 305 g/mol. The van der Waals surface area contributed by atoms with Crippen molar-refractivity contribution < 1.29 is 13.9 Å². The number of esters is 1. The highest BCUT2D eigenvalue weighted by atomic mass is 35.5. The number of pyridine rings is 1. The summed E-state index contributed by atoms with van der Waals surface area (Å²) < 4.78 is 17.4. The Morgan fingerprint density at radius 2 is 2.21 bits per heavy atom. The van der Waals surface area contributed by atoms with Gasteiger partial charge in [0.1, 0.15) is 23.5 Å². The van der Waals surface area contributed by atoms with Crippen molar-refractivity contribution in [2.75, 3.05) is 19.8 Å². The van der Waals surface area contributed by atoms with E-state index in [0.717, 1.165) is 5.56 Å². The molecule has 2 heterocycles. The number of rotatable bonds is 5. The van der Waals surface area contributed by atoms with E-state index < -0.39 is 12.6 Å². The van der Waals surface area contributed by atoms with Crippen LogP contribution in [-0.2, 0) is 16.1 Å². The lowest BCUT2D eigenvalue weighted by atomic mass is 10.2. The van der Waals surface area contributed by atoms with Gasteiger partial charge in [-0.25, -0.2) is 14.2 Å². The van der Waals surface area contributed by atoms with Gasteiger partial charge in [0.05, 0.1) is 5.70 Å². The molecule has 0 bridgehead atoms. The zero-order valence-corrected chi connectivity index (χ0v) is 11.4. The van der Waals surface area contributed by atoms with Crippen LogP contribution in [0.5, 0.6) is 0 Å². The lowest BCUT2D eigenvalue weighted by molar-refractivity contribution is -0.135. The topological polar surface area (TPSA) is 42.4 Å². The fourth-order valence-corrected chi connectivity index (χ4v) is 2.08. The van der Waals surface area contributed by atoms with E-state index in [0.29, 0.717) is 17.4 Å². The predicted octanol–water partition coefficient (Wildman–Crippen LogP) is 2.51. The molecule has 7 heteroatoms. The molecule has 0 amide bonds. The number of cyclic esters (lactones) is 1. The Labute approximate surface area is 119 Å². The third kappa shape index (κ3) is 3.36. The van der Waals surface area contributed by atoms with E-state index in [4.69, 9.17) is 27.9 Å². The number of halogens is 3. The van der Waals surface area contributed by atoms with Crippen molar-refractivity contribution in [3.8, 4) is 0 Å². The average Bonchev–Trinajstić information content (AvgIpc) is 2.72. The first-order valence-electron chi connectivity index (χ1n) is 5.59. The molecule has 1 aromatic heterocycles. The van der Waals surface area contributed by atoms with E-state index in [1.54, 1.807) is 23.2 Å². The summed E-state index contributed by atoms with van der Waals surface area (Å²) in [4.78, 5) is 16.8. The Bertz CT molecular complexity index is 505. The first kappa shape index (κ1) is 14.1. The Balaban J connectivity index is 2.17. The van der Waals surface area contributed by atoms with E-state index in [2.05, 4.69) is 4.98 Å². The van der Waals surface area contributed by atoms with Crippen molar-refractivity contribution in [1.82, 2.24) is 9.88 Å². The number of carbonyl (C=O) groups is 1. The highest BCUT2D eigenvalue weighted by molar-refractivity contribution is 6.42. The summed E-state index contributed by atoms with van der Waals surface area (Å²) >= 11 is 11.6. The van der Waals surface area contributed by atoms with Crippen LogP contribution in [0, 0.1) is 0 Å². The Morgan fingerprint density at radius 1 is 1.42 bits per heavy atom. The van der Waals surface area contributed by atoms with Crippen LogP contribution < -0.4 is 0 Å². The lowest BCUT2D eigenvalue weighted by Gasteiger charge is -2.23. The van der Waals surface area contributed by atoms with Gasteiger partial charge < -0.3 is 9.64 Å². The smallest absolute Gasteiger partial charge is 0.352 e. The van der Waals surface area contributed by atoms with Gasteiger partial charge in [-0.3, -0.25) is 0 Å². The number of ether oxygens (including phenoxy) is 1. The molecule has 0 atom stereocenters. The molecule has 0 saturated heterocycles. The second-order valence-electron chi connectivity index (χ2n) is 3.94. The summed E-state index contributed by atoms with van der Waals surface area (Å²) in [5, 5.41) is 0.396. The molecule has 19 heavy (non-hydrogen) atoms. The van der Waals surface area contributed by atoms with Gasteiger partial charge >= 0.3 is 5.97 Å². The van der Waals surface area contributed by atoms with Gasteiger partial charge in [0.15, 0.2) is 0 Å². The summed E-state index contributed by atoms with van der Waals surface area (Å²) in [5.74, 6) is -0.574. The minimum atomic E-state index is -0.574. The van der Waals surface area contributed by atoms with Crippen molar-refractivity contribution in [3.05, 3.63) is 39.8 Å². The monoisotopic (exact) mass is 304 g/mol. The summed E-state index contributed by atoms with van der Waals surface area (Å²) in [6.45, 7) is 0.0304. The van der Waals surface area contributed by atoms with Crippen molar-refractivity contribution in [2.24, 2.45) is 0 Å². The van der Waals surface area contributed by atoms with Gasteiger partial charge in [-0.15, -0.1) is 0 Å². The molecule has 1 aliphatic rings. The zero-order chi connectivity index (χ0) is 13.8. The molecule has 1 aliphatic heterocycles. The van der Waals surface area contributed by atoms with Crippen molar-refractivity contribution in [3.63, 3.8) is 0 Å². The molecule has 0 spiro atoms. The Kier molecular flexibility index (Phi) is 4.61. The van der Waals surface area contributed by atoms with E-state index in [-0.39, 0.29) is 18.2 Å². The van der Waals surface area contributed by atoms with E-state index in [9.17, 15) is 9.18 Å². The molecule has 0 N–H and O–H groups in total. The van der Waals surface area contributed by atoms with Gasteiger partial charge in [-0.2, -0.15) is 0 Å². The molecule has 0 unspecified atom stereocenters. The molecule has 0 aromatic carbocycles. The standard InChI is InChI=1S/C12H11Cl2FN2O2/c13-10-2-1-8(5-16-10)6-17(4-3-15)9-7-19-12(18)11(9)14/h1-2,5H,3-4,6-7H2. The third-order valence-corrected chi connectivity index (χ3v) is 3.27. The molecule has 0 saturated carbocycles. The Morgan fingerprint density at radius 3 is 2.74 bits per heavy atom. The fraction of sp³-hybridized carbons (Fsp3) is 0.333. The SMILES string of the molecule is O=C1OCC(N(CCF)Cc2ccc(Cl)nc2)=C1Cl. The first-order chi connectivity index (χ1) is 9.11. The van der Waals surface area contributed by atoms with Crippen LogP contribution in [0.4, 0.5) is 4.39 Å². The number of aromatic nitrogens is 1. The molecule has 102 valence electrons. The fourth-order valence-electron chi connectivity index (χ4n) is 1.74.